The van der Waals surface area contributed by atoms with Gasteiger partial charge in [0.15, 0.2) is 11.5 Å². The Morgan fingerprint density at radius 3 is 2.42 bits per heavy atom. The molecule has 0 spiro atoms. The van der Waals surface area contributed by atoms with E-state index in [1.807, 2.05) is 0 Å². The number of nitrogens with zero attached hydrogens (tertiary/aromatic N) is 2. The minimum atomic E-state index is -0.486. The Morgan fingerprint density at radius 1 is 1.15 bits per heavy atom. The van der Waals surface area contributed by atoms with Gasteiger partial charge in [-0.2, -0.15) is 0 Å². The SMILES string of the molecule is CCOC(=O)CN1C(=O)/C(=C/c2ccc(OC)c(OC)c2OC)N=C1C. The maximum absolute atomic E-state index is 12.6. The van der Waals surface area contributed by atoms with Crippen LogP contribution in [0.1, 0.15) is 19.4 Å². The van der Waals surface area contributed by atoms with Crippen LogP contribution in [0.4, 0.5) is 0 Å². The summed E-state index contributed by atoms with van der Waals surface area (Å²) in [4.78, 5) is 29.8. The van der Waals surface area contributed by atoms with Crippen LogP contribution in [-0.2, 0) is 14.3 Å². The first-order valence-corrected chi connectivity index (χ1v) is 8.00. The van der Waals surface area contributed by atoms with E-state index in [0.29, 0.717) is 28.6 Å². The third kappa shape index (κ3) is 3.79. The summed E-state index contributed by atoms with van der Waals surface area (Å²) in [6.45, 7) is 3.44. The van der Waals surface area contributed by atoms with Crippen LogP contribution in [0.3, 0.4) is 0 Å². The average molecular weight is 362 g/mol. The summed E-state index contributed by atoms with van der Waals surface area (Å²) in [5.74, 6) is 0.900. The fourth-order valence-corrected chi connectivity index (χ4v) is 2.57. The van der Waals surface area contributed by atoms with Crippen LogP contribution in [0.25, 0.3) is 6.08 Å². The number of esters is 1. The third-order valence-electron chi connectivity index (χ3n) is 3.76. The van der Waals surface area contributed by atoms with E-state index in [4.69, 9.17) is 18.9 Å². The molecule has 8 nitrogen and oxygen atoms in total. The van der Waals surface area contributed by atoms with Crippen LogP contribution >= 0.6 is 0 Å². The standard InChI is InChI=1S/C18H22N2O6/c1-6-26-15(21)10-20-11(2)19-13(18(20)22)9-12-7-8-14(23-3)17(25-5)16(12)24-4/h7-9H,6,10H2,1-5H3/b13-9-. The number of amidine groups is 1. The number of ether oxygens (including phenoxy) is 4. The lowest BCUT2D eigenvalue weighted by atomic mass is 10.1. The summed E-state index contributed by atoms with van der Waals surface area (Å²) in [5.41, 5.74) is 0.792. The van der Waals surface area contributed by atoms with Crippen molar-refractivity contribution in [2.24, 2.45) is 4.99 Å². The summed E-state index contributed by atoms with van der Waals surface area (Å²) >= 11 is 0. The molecule has 8 heteroatoms. The molecule has 1 aromatic rings. The van der Waals surface area contributed by atoms with Gasteiger partial charge in [-0.15, -0.1) is 0 Å². The number of hydrogen-bond donors (Lipinski definition) is 0. The van der Waals surface area contributed by atoms with E-state index in [1.165, 1.54) is 26.2 Å². The second-order valence-electron chi connectivity index (χ2n) is 5.31. The van der Waals surface area contributed by atoms with E-state index >= 15 is 0 Å². The number of hydrogen-bond acceptors (Lipinski definition) is 7. The number of rotatable bonds is 7. The molecular weight excluding hydrogens is 340 g/mol. The van der Waals surface area contributed by atoms with Gasteiger partial charge in [0.1, 0.15) is 18.1 Å². The largest absolute Gasteiger partial charge is 0.493 e. The molecule has 1 aliphatic rings. The van der Waals surface area contributed by atoms with E-state index in [-0.39, 0.29) is 24.8 Å². The van der Waals surface area contributed by atoms with Crippen molar-refractivity contribution in [2.75, 3.05) is 34.5 Å². The zero-order valence-corrected chi connectivity index (χ0v) is 15.5. The Hall–Kier alpha value is -3.03. The highest BCUT2D eigenvalue weighted by atomic mass is 16.5. The molecule has 0 aromatic heterocycles. The zero-order valence-electron chi connectivity index (χ0n) is 15.5. The minimum absolute atomic E-state index is 0.178. The van der Waals surface area contributed by atoms with Crippen LogP contribution in [0.15, 0.2) is 22.8 Å². The van der Waals surface area contributed by atoms with E-state index in [0.717, 1.165) is 0 Å². The van der Waals surface area contributed by atoms with Gasteiger partial charge >= 0.3 is 5.97 Å². The maximum Gasteiger partial charge on any atom is 0.326 e. The molecule has 0 fully saturated rings. The quantitative estimate of drug-likeness (QED) is 0.544. The van der Waals surface area contributed by atoms with Gasteiger partial charge < -0.3 is 18.9 Å². The fraction of sp³-hybridized carbons (Fsp3) is 0.389. The molecule has 0 radical (unpaired) electrons. The Labute approximate surface area is 152 Å². The summed E-state index contributed by atoms with van der Waals surface area (Å²) < 4.78 is 20.9. The maximum atomic E-state index is 12.6. The van der Waals surface area contributed by atoms with Gasteiger partial charge in [0.05, 0.1) is 27.9 Å². The number of methoxy groups -OCH3 is 3. The molecule has 26 heavy (non-hydrogen) atoms. The average Bonchev–Trinajstić information content (AvgIpc) is 2.88. The first-order valence-electron chi connectivity index (χ1n) is 8.00. The van der Waals surface area contributed by atoms with Gasteiger partial charge in [-0.05, 0) is 32.1 Å². The van der Waals surface area contributed by atoms with E-state index in [9.17, 15) is 9.59 Å². The van der Waals surface area contributed by atoms with Gasteiger partial charge in [-0.3, -0.25) is 14.5 Å². The lowest BCUT2D eigenvalue weighted by molar-refractivity contribution is -0.145. The van der Waals surface area contributed by atoms with Gasteiger partial charge in [0, 0.05) is 5.56 Å². The normalized spacial score (nSPS) is 15.1. The predicted octanol–water partition coefficient (Wildman–Crippen LogP) is 1.88. The van der Waals surface area contributed by atoms with Crippen molar-refractivity contribution >= 4 is 23.8 Å². The Kier molecular flexibility index (Phi) is 6.21. The van der Waals surface area contributed by atoms with E-state index in [2.05, 4.69) is 4.99 Å². The fourth-order valence-electron chi connectivity index (χ4n) is 2.57. The monoisotopic (exact) mass is 362 g/mol. The second kappa shape index (κ2) is 8.37. The molecule has 0 aliphatic carbocycles. The zero-order chi connectivity index (χ0) is 19.3. The third-order valence-corrected chi connectivity index (χ3v) is 3.76. The number of benzene rings is 1. The van der Waals surface area contributed by atoms with Gasteiger partial charge in [-0.25, -0.2) is 4.99 Å². The van der Waals surface area contributed by atoms with Gasteiger partial charge in [0.25, 0.3) is 5.91 Å². The molecule has 1 amide bonds. The van der Waals surface area contributed by atoms with Crippen molar-refractivity contribution in [3.8, 4) is 17.2 Å². The number of aliphatic imine (C=N–C) groups is 1. The van der Waals surface area contributed by atoms with Gasteiger partial charge in [0.2, 0.25) is 5.75 Å². The van der Waals surface area contributed by atoms with E-state index in [1.54, 1.807) is 32.1 Å². The van der Waals surface area contributed by atoms with Crippen molar-refractivity contribution in [1.82, 2.24) is 4.90 Å². The lowest BCUT2D eigenvalue weighted by Crippen LogP contribution is -2.36. The topological polar surface area (TPSA) is 86.7 Å². The van der Waals surface area contributed by atoms with Crippen molar-refractivity contribution in [3.63, 3.8) is 0 Å². The predicted molar refractivity (Wildman–Crippen MR) is 95.5 cm³/mol. The molecule has 0 saturated carbocycles. The summed E-state index contributed by atoms with van der Waals surface area (Å²) in [5, 5.41) is 0. The molecule has 0 N–H and O–H groups in total. The highest BCUT2D eigenvalue weighted by Gasteiger charge is 2.30. The first-order chi connectivity index (χ1) is 12.5. The van der Waals surface area contributed by atoms with Crippen LogP contribution in [0, 0.1) is 0 Å². The van der Waals surface area contributed by atoms with Crippen molar-refractivity contribution in [2.45, 2.75) is 13.8 Å². The van der Waals surface area contributed by atoms with Crippen molar-refractivity contribution in [3.05, 3.63) is 23.4 Å². The van der Waals surface area contributed by atoms with Crippen LogP contribution in [-0.4, -0.2) is 57.1 Å². The molecule has 1 heterocycles. The van der Waals surface area contributed by atoms with Crippen LogP contribution < -0.4 is 14.2 Å². The second-order valence-corrected chi connectivity index (χ2v) is 5.31. The number of carbonyl (C=O) groups excluding carboxylic acids is 2. The molecule has 0 bridgehead atoms. The first kappa shape index (κ1) is 19.3. The summed E-state index contributed by atoms with van der Waals surface area (Å²) in [7, 11) is 4.52. The summed E-state index contributed by atoms with van der Waals surface area (Å²) in [6.07, 6.45) is 1.58. The number of amides is 1. The Morgan fingerprint density at radius 2 is 1.85 bits per heavy atom. The Balaban J connectivity index is 2.36. The lowest BCUT2D eigenvalue weighted by Gasteiger charge is -2.15. The molecule has 1 aromatic carbocycles. The van der Waals surface area contributed by atoms with E-state index < -0.39 is 5.97 Å². The highest BCUT2D eigenvalue weighted by Crippen LogP contribution is 2.40. The summed E-state index contributed by atoms with van der Waals surface area (Å²) in [6, 6.07) is 3.44. The van der Waals surface area contributed by atoms with Crippen LogP contribution in [0.2, 0.25) is 0 Å². The van der Waals surface area contributed by atoms with Crippen molar-refractivity contribution in [1.29, 1.82) is 0 Å². The molecule has 140 valence electrons. The number of carbonyl (C=O) groups is 2. The smallest absolute Gasteiger partial charge is 0.326 e. The molecular formula is C18H22N2O6. The highest BCUT2D eigenvalue weighted by molar-refractivity contribution is 6.15. The van der Waals surface area contributed by atoms with Crippen molar-refractivity contribution < 1.29 is 28.5 Å². The van der Waals surface area contributed by atoms with Gasteiger partial charge in [-0.1, -0.05) is 0 Å². The molecule has 0 saturated heterocycles. The molecule has 1 aliphatic heterocycles. The Bertz CT molecular complexity index is 769. The molecule has 0 unspecified atom stereocenters. The molecule has 0 atom stereocenters. The van der Waals surface area contributed by atoms with Crippen LogP contribution in [0.5, 0.6) is 17.2 Å². The molecule has 2 rings (SSSR count). The minimum Gasteiger partial charge on any atom is -0.493 e.